The van der Waals surface area contributed by atoms with Crippen LogP contribution in [0.3, 0.4) is 0 Å². The monoisotopic (exact) mass is 394 g/mol. The van der Waals surface area contributed by atoms with Crippen LogP contribution in [0.2, 0.25) is 0 Å². The van der Waals surface area contributed by atoms with Crippen LogP contribution in [0.15, 0.2) is 36.7 Å². The van der Waals surface area contributed by atoms with Crippen molar-refractivity contribution in [2.45, 2.75) is 32.4 Å². The molecule has 8 heteroatoms. The lowest BCUT2D eigenvalue weighted by atomic mass is 10.0. The Morgan fingerprint density at radius 3 is 2.76 bits per heavy atom. The lowest BCUT2D eigenvalue weighted by Crippen LogP contribution is -2.25. The average molecular weight is 394 g/mol. The summed E-state index contributed by atoms with van der Waals surface area (Å²) in [4.78, 5) is 22.6. The highest BCUT2D eigenvalue weighted by atomic mass is 16.5. The number of aromatic nitrogens is 4. The van der Waals surface area contributed by atoms with Crippen LogP contribution in [-0.4, -0.2) is 57.3 Å². The van der Waals surface area contributed by atoms with Crippen LogP contribution in [0.1, 0.15) is 30.5 Å². The number of hydrogen-bond acceptors (Lipinski definition) is 6. The van der Waals surface area contributed by atoms with Crippen molar-refractivity contribution in [3.8, 4) is 5.75 Å². The number of nitrogens with zero attached hydrogens (tertiary/aromatic N) is 5. The largest absolute Gasteiger partial charge is 0.497 e. The number of benzene rings is 1. The van der Waals surface area contributed by atoms with Crippen molar-refractivity contribution in [2.24, 2.45) is 0 Å². The van der Waals surface area contributed by atoms with E-state index in [0.29, 0.717) is 13.1 Å². The molecule has 0 aliphatic carbocycles. The number of methoxy groups -OCH3 is 1. The quantitative estimate of drug-likeness (QED) is 0.617. The Morgan fingerprint density at radius 2 is 2.03 bits per heavy atom. The highest BCUT2D eigenvalue weighted by Crippen LogP contribution is 2.30. The molecule has 1 fully saturated rings. The highest BCUT2D eigenvalue weighted by molar-refractivity contribution is 5.75. The second-order valence-corrected chi connectivity index (χ2v) is 7.31. The molecule has 4 rings (SSSR count). The van der Waals surface area contributed by atoms with Crippen molar-refractivity contribution in [3.05, 3.63) is 47.9 Å². The number of amides is 1. The molecular formula is C21H26N6O2. The van der Waals surface area contributed by atoms with Crippen LogP contribution >= 0.6 is 0 Å². The maximum Gasteiger partial charge on any atom is 0.219 e. The van der Waals surface area contributed by atoms with E-state index in [9.17, 15) is 4.79 Å². The molecule has 29 heavy (non-hydrogen) atoms. The first-order valence-electron chi connectivity index (χ1n) is 9.92. The molecule has 2 aromatic heterocycles. The van der Waals surface area contributed by atoms with E-state index < -0.39 is 0 Å². The molecule has 3 aromatic rings. The number of nitrogens with one attached hydrogen (secondary N) is 1. The third-order valence-electron chi connectivity index (χ3n) is 5.40. The smallest absolute Gasteiger partial charge is 0.219 e. The fraction of sp³-hybridized carbons (Fsp3) is 0.429. The minimum absolute atomic E-state index is 0.116. The molecule has 8 nitrogen and oxygen atoms in total. The summed E-state index contributed by atoms with van der Waals surface area (Å²) in [5, 5.41) is 8.28. The molecule has 0 unspecified atom stereocenters. The van der Waals surface area contributed by atoms with Gasteiger partial charge < -0.3 is 15.0 Å². The number of carbonyl (C=O) groups excluding carboxylic acids is 1. The van der Waals surface area contributed by atoms with Crippen molar-refractivity contribution < 1.29 is 9.53 Å². The van der Waals surface area contributed by atoms with Gasteiger partial charge in [0, 0.05) is 51.4 Å². The Hall–Kier alpha value is -3.00. The number of hydrogen-bond donors (Lipinski definition) is 1. The number of rotatable bonds is 7. The van der Waals surface area contributed by atoms with E-state index in [2.05, 4.69) is 27.4 Å². The molecule has 0 radical (unpaired) electrons. The molecule has 0 spiro atoms. The second-order valence-electron chi connectivity index (χ2n) is 7.31. The molecule has 1 N–H and O–H groups in total. The summed E-state index contributed by atoms with van der Waals surface area (Å²) in [6.07, 6.45) is 4.32. The summed E-state index contributed by atoms with van der Waals surface area (Å²) in [6, 6.07) is 8.04. The van der Waals surface area contributed by atoms with Gasteiger partial charge in [-0.15, -0.1) is 0 Å². The number of carbonyl (C=O) groups is 1. The zero-order valence-corrected chi connectivity index (χ0v) is 16.8. The molecule has 1 aliphatic rings. The fourth-order valence-electron chi connectivity index (χ4n) is 3.79. The molecule has 1 aliphatic heterocycles. The van der Waals surface area contributed by atoms with E-state index in [-0.39, 0.29) is 11.8 Å². The van der Waals surface area contributed by atoms with Crippen molar-refractivity contribution in [1.82, 2.24) is 30.0 Å². The Balaban J connectivity index is 1.42. The average Bonchev–Trinajstić information content (AvgIpc) is 3.37. The Morgan fingerprint density at radius 1 is 1.24 bits per heavy atom. The van der Waals surface area contributed by atoms with Crippen LogP contribution in [-0.2, 0) is 17.9 Å². The molecule has 152 valence electrons. The Bertz CT molecular complexity index is 985. The standard InChI is InChI=1S/C21H26N6O2/c1-15(28)26-11-7-17(14-26)19-20-21(24-9-8-23-20)27(25-19)12-10-22-13-16-3-5-18(29-2)6-4-16/h3-6,8-9,17,22H,7,10-14H2,1-2H3/t17-/m0/s1. The van der Waals surface area contributed by atoms with Crippen molar-refractivity contribution in [3.63, 3.8) is 0 Å². The molecule has 3 heterocycles. The van der Waals surface area contributed by atoms with E-state index in [1.807, 2.05) is 21.7 Å². The summed E-state index contributed by atoms with van der Waals surface area (Å²) < 4.78 is 7.12. The van der Waals surface area contributed by atoms with Crippen molar-refractivity contribution in [2.75, 3.05) is 26.7 Å². The van der Waals surface area contributed by atoms with E-state index in [1.165, 1.54) is 5.56 Å². The van der Waals surface area contributed by atoms with Gasteiger partial charge in [0.2, 0.25) is 5.91 Å². The first-order valence-corrected chi connectivity index (χ1v) is 9.92. The van der Waals surface area contributed by atoms with Crippen LogP contribution in [0.25, 0.3) is 11.2 Å². The Kier molecular flexibility index (Phi) is 5.71. The molecule has 1 aromatic carbocycles. The summed E-state index contributed by atoms with van der Waals surface area (Å²) >= 11 is 0. The van der Waals surface area contributed by atoms with Gasteiger partial charge >= 0.3 is 0 Å². The van der Waals surface area contributed by atoms with E-state index >= 15 is 0 Å². The molecule has 1 atom stereocenters. The maximum atomic E-state index is 11.7. The first kappa shape index (κ1) is 19.3. The van der Waals surface area contributed by atoms with Gasteiger partial charge in [-0.3, -0.25) is 4.79 Å². The van der Waals surface area contributed by atoms with E-state index in [0.717, 1.165) is 48.7 Å². The number of ether oxygens (including phenoxy) is 1. The molecular weight excluding hydrogens is 368 g/mol. The van der Waals surface area contributed by atoms with Gasteiger partial charge in [-0.1, -0.05) is 12.1 Å². The van der Waals surface area contributed by atoms with Crippen LogP contribution in [0.4, 0.5) is 0 Å². The lowest BCUT2D eigenvalue weighted by Gasteiger charge is -2.12. The summed E-state index contributed by atoms with van der Waals surface area (Å²) in [6.45, 7) is 5.34. The minimum Gasteiger partial charge on any atom is -0.497 e. The SMILES string of the molecule is COc1ccc(CNCCn2nc([C@H]3CCN(C(C)=O)C3)c3nccnc32)cc1. The second kappa shape index (κ2) is 8.57. The summed E-state index contributed by atoms with van der Waals surface area (Å²) in [7, 11) is 1.67. The topological polar surface area (TPSA) is 85.2 Å². The van der Waals surface area contributed by atoms with Gasteiger partial charge in [0.25, 0.3) is 0 Å². The van der Waals surface area contributed by atoms with E-state index in [1.54, 1.807) is 26.4 Å². The van der Waals surface area contributed by atoms with Crippen molar-refractivity contribution in [1.29, 1.82) is 0 Å². The molecule has 1 saturated heterocycles. The summed E-state index contributed by atoms with van der Waals surface area (Å²) in [5.41, 5.74) is 3.80. The molecule has 1 amide bonds. The molecule has 0 saturated carbocycles. The predicted molar refractivity (Wildman–Crippen MR) is 110 cm³/mol. The predicted octanol–water partition coefficient (Wildman–Crippen LogP) is 1.96. The van der Waals surface area contributed by atoms with Crippen LogP contribution in [0.5, 0.6) is 5.75 Å². The van der Waals surface area contributed by atoms with Gasteiger partial charge in [-0.25, -0.2) is 14.6 Å². The first-order chi connectivity index (χ1) is 14.2. The zero-order chi connectivity index (χ0) is 20.2. The lowest BCUT2D eigenvalue weighted by molar-refractivity contribution is -0.127. The number of likely N-dealkylation sites (tertiary alicyclic amines) is 1. The maximum absolute atomic E-state index is 11.7. The van der Waals surface area contributed by atoms with Gasteiger partial charge in [0.1, 0.15) is 11.3 Å². The van der Waals surface area contributed by atoms with Crippen LogP contribution in [0, 0.1) is 0 Å². The molecule has 0 bridgehead atoms. The minimum atomic E-state index is 0.116. The van der Waals surface area contributed by atoms with Crippen molar-refractivity contribution >= 4 is 17.1 Å². The highest BCUT2D eigenvalue weighted by Gasteiger charge is 2.30. The Labute approximate surface area is 169 Å². The fourth-order valence-corrected chi connectivity index (χ4v) is 3.79. The normalized spacial score (nSPS) is 16.5. The van der Waals surface area contributed by atoms with Crippen LogP contribution < -0.4 is 10.1 Å². The van der Waals surface area contributed by atoms with Gasteiger partial charge in [-0.2, -0.15) is 5.10 Å². The zero-order valence-electron chi connectivity index (χ0n) is 16.8. The van der Waals surface area contributed by atoms with Gasteiger partial charge in [0.15, 0.2) is 5.65 Å². The summed E-state index contributed by atoms with van der Waals surface area (Å²) in [5.74, 6) is 1.19. The third kappa shape index (κ3) is 4.22. The van der Waals surface area contributed by atoms with Gasteiger partial charge in [-0.05, 0) is 24.1 Å². The van der Waals surface area contributed by atoms with Gasteiger partial charge in [0.05, 0.1) is 19.3 Å². The number of fused-ring (bicyclic) bond motifs is 1. The van der Waals surface area contributed by atoms with E-state index in [4.69, 9.17) is 9.84 Å². The third-order valence-corrected chi connectivity index (χ3v) is 5.40.